The fourth-order valence-corrected chi connectivity index (χ4v) is 3.84. The molecule has 1 unspecified atom stereocenters. The number of benzene rings is 1. The lowest BCUT2D eigenvalue weighted by Crippen LogP contribution is -2.38. The topological polar surface area (TPSA) is 26.0 Å². The molecule has 1 aromatic rings. The molecular weight excluding hydrogens is 206 g/mol. The van der Waals surface area contributed by atoms with Gasteiger partial charge < -0.3 is 5.73 Å². The number of aryl methyl sites for hydroxylation is 1. The zero-order valence-electron chi connectivity index (χ0n) is 10.6. The molecule has 0 bridgehead atoms. The summed E-state index contributed by atoms with van der Waals surface area (Å²) in [6.45, 7) is 0. The molecular formula is C16H23N. The van der Waals surface area contributed by atoms with Gasteiger partial charge in [-0.25, -0.2) is 0 Å². The summed E-state index contributed by atoms with van der Waals surface area (Å²) < 4.78 is 0. The molecule has 0 heterocycles. The fraction of sp³-hybridized carbons (Fsp3) is 0.625. The van der Waals surface area contributed by atoms with Gasteiger partial charge in [0.2, 0.25) is 0 Å². The van der Waals surface area contributed by atoms with E-state index in [1.54, 1.807) is 11.1 Å². The van der Waals surface area contributed by atoms with Gasteiger partial charge in [-0.1, -0.05) is 37.1 Å². The number of nitrogens with two attached hydrogens (primary N) is 1. The summed E-state index contributed by atoms with van der Waals surface area (Å²) in [5.74, 6) is 0.725. The Hall–Kier alpha value is -0.820. The highest BCUT2D eigenvalue weighted by molar-refractivity contribution is 5.33. The van der Waals surface area contributed by atoms with Crippen LogP contribution in [0.25, 0.3) is 0 Å². The average molecular weight is 229 g/mol. The Balaban J connectivity index is 1.81. The molecule has 1 nitrogen and oxygen atoms in total. The summed E-state index contributed by atoms with van der Waals surface area (Å²) >= 11 is 0. The van der Waals surface area contributed by atoms with Crippen molar-refractivity contribution in [3.63, 3.8) is 0 Å². The maximum absolute atomic E-state index is 6.55. The van der Waals surface area contributed by atoms with Gasteiger partial charge in [-0.2, -0.15) is 0 Å². The first-order valence-electron chi connectivity index (χ1n) is 7.14. The van der Waals surface area contributed by atoms with Crippen molar-refractivity contribution >= 4 is 0 Å². The highest BCUT2D eigenvalue weighted by atomic mass is 14.8. The molecule has 2 aliphatic rings. The largest absolute Gasteiger partial charge is 0.325 e. The molecule has 2 aliphatic carbocycles. The second-order valence-electron chi connectivity index (χ2n) is 6.06. The van der Waals surface area contributed by atoms with Gasteiger partial charge in [-0.15, -0.1) is 0 Å². The minimum atomic E-state index is 0.148. The summed E-state index contributed by atoms with van der Waals surface area (Å²) in [5, 5.41) is 0. The van der Waals surface area contributed by atoms with E-state index in [0.29, 0.717) is 0 Å². The second-order valence-corrected chi connectivity index (χ2v) is 6.06. The molecule has 0 spiro atoms. The van der Waals surface area contributed by atoms with E-state index in [2.05, 4.69) is 24.3 Å². The van der Waals surface area contributed by atoms with Crippen LogP contribution < -0.4 is 5.73 Å². The fourth-order valence-electron chi connectivity index (χ4n) is 3.84. The minimum absolute atomic E-state index is 0.148. The molecule has 0 aliphatic heterocycles. The standard InChI is InChI=1S/C16H23N/c17-16(10-3-4-11-16)12-14-8-5-7-13-6-1-2-9-15(13)14/h1-2,6,9,14H,3-5,7-8,10-12,17H2. The van der Waals surface area contributed by atoms with Gasteiger partial charge in [0.1, 0.15) is 0 Å². The van der Waals surface area contributed by atoms with Gasteiger partial charge >= 0.3 is 0 Å². The number of hydrogen-bond donors (Lipinski definition) is 1. The third kappa shape index (κ3) is 2.26. The molecule has 1 atom stereocenters. The van der Waals surface area contributed by atoms with Crippen LogP contribution in [0.3, 0.4) is 0 Å². The van der Waals surface area contributed by atoms with Crippen molar-refractivity contribution in [3.8, 4) is 0 Å². The maximum atomic E-state index is 6.55. The summed E-state index contributed by atoms with van der Waals surface area (Å²) in [6, 6.07) is 9.00. The molecule has 17 heavy (non-hydrogen) atoms. The molecule has 1 saturated carbocycles. The zero-order valence-corrected chi connectivity index (χ0v) is 10.6. The van der Waals surface area contributed by atoms with Gasteiger partial charge in [0.05, 0.1) is 0 Å². The molecule has 1 aromatic carbocycles. The average Bonchev–Trinajstić information content (AvgIpc) is 2.76. The minimum Gasteiger partial charge on any atom is -0.325 e. The third-order valence-electron chi connectivity index (χ3n) is 4.75. The van der Waals surface area contributed by atoms with Crippen LogP contribution in [0, 0.1) is 0 Å². The van der Waals surface area contributed by atoms with Gasteiger partial charge in [0.15, 0.2) is 0 Å². The summed E-state index contributed by atoms with van der Waals surface area (Å²) in [6.07, 6.45) is 10.3. The Morgan fingerprint density at radius 1 is 1.12 bits per heavy atom. The van der Waals surface area contributed by atoms with Crippen molar-refractivity contribution in [3.05, 3.63) is 35.4 Å². The van der Waals surface area contributed by atoms with Gasteiger partial charge in [-0.3, -0.25) is 0 Å². The van der Waals surface area contributed by atoms with Crippen LogP contribution >= 0.6 is 0 Å². The second kappa shape index (κ2) is 4.45. The maximum Gasteiger partial charge on any atom is 0.0160 e. The Morgan fingerprint density at radius 3 is 2.71 bits per heavy atom. The molecule has 1 fully saturated rings. The van der Waals surface area contributed by atoms with E-state index in [4.69, 9.17) is 5.73 Å². The molecule has 92 valence electrons. The first kappa shape index (κ1) is 11.3. The van der Waals surface area contributed by atoms with Gasteiger partial charge in [-0.05, 0) is 55.6 Å². The normalized spacial score (nSPS) is 26.8. The smallest absolute Gasteiger partial charge is 0.0160 e. The van der Waals surface area contributed by atoms with Crippen LogP contribution in [0.4, 0.5) is 0 Å². The molecule has 3 rings (SSSR count). The van der Waals surface area contributed by atoms with E-state index in [1.165, 1.54) is 51.4 Å². The third-order valence-corrected chi connectivity index (χ3v) is 4.75. The van der Waals surface area contributed by atoms with Crippen LogP contribution in [0.1, 0.15) is 62.0 Å². The summed E-state index contributed by atoms with van der Waals surface area (Å²) in [5.41, 5.74) is 9.86. The van der Waals surface area contributed by atoms with Gasteiger partial charge in [0, 0.05) is 5.54 Å². The van der Waals surface area contributed by atoms with E-state index in [9.17, 15) is 0 Å². The van der Waals surface area contributed by atoms with Crippen LogP contribution in [-0.2, 0) is 6.42 Å². The highest BCUT2D eigenvalue weighted by Crippen LogP contribution is 2.41. The van der Waals surface area contributed by atoms with Crippen LogP contribution in [0.5, 0.6) is 0 Å². The highest BCUT2D eigenvalue weighted by Gasteiger charge is 2.33. The lowest BCUT2D eigenvalue weighted by molar-refractivity contribution is 0.348. The molecule has 2 N–H and O–H groups in total. The van der Waals surface area contributed by atoms with Crippen molar-refractivity contribution in [2.45, 2.75) is 62.8 Å². The molecule has 0 aromatic heterocycles. The van der Waals surface area contributed by atoms with E-state index in [0.717, 1.165) is 5.92 Å². The molecule has 0 radical (unpaired) electrons. The molecule has 0 saturated heterocycles. The van der Waals surface area contributed by atoms with E-state index < -0.39 is 0 Å². The van der Waals surface area contributed by atoms with E-state index in [1.807, 2.05) is 0 Å². The predicted molar refractivity (Wildman–Crippen MR) is 72.1 cm³/mol. The van der Waals surface area contributed by atoms with Crippen molar-refractivity contribution in [1.82, 2.24) is 0 Å². The lowest BCUT2D eigenvalue weighted by atomic mass is 9.75. The first-order valence-corrected chi connectivity index (χ1v) is 7.14. The molecule has 1 heteroatoms. The van der Waals surface area contributed by atoms with E-state index >= 15 is 0 Å². The zero-order chi connectivity index (χ0) is 11.7. The quantitative estimate of drug-likeness (QED) is 0.821. The van der Waals surface area contributed by atoms with Gasteiger partial charge in [0.25, 0.3) is 0 Å². The van der Waals surface area contributed by atoms with Crippen molar-refractivity contribution in [2.75, 3.05) is 0 Å². The van der Waals surface area contributed by atoms with Crippen molar-refractivity contribution < 1.29 is 0 Å². The molecule has 0 amide bonds. The Labute approximate surface area is 104 Å². The number of fused-ring (bicyclic) bond motifs is 1. The monoisotopic (exact) mass is 229 g/mol. The first-order chi connectivity index (χ1) is 8.27. The Kier molecular flexibility index (Phi) is 2.96. The SMILES string of the molecule is NC1(CC2CCCc3ccccc32)CCCC1. The van der Waals surface area contributed by atoms with Crippen LogP contribution in [-0.4, -0.2) is 5.54 Å². The number of hydrogen-bond acceptors (Lipinski definition) is 1. The summed E-state index contributed by atoms with van der Waals surface area (Å²) in [4.78, 5) is 0. The Bertz CT molecular complexity index is 390. The van der Waals surface area contributed by atoms with Crippen molar-refractivity contribution in [1.29, 1.82) is 0 Å². The van der Waals surface area contributed by atoms with Crippen molar-refractivity contribution in [2.24, 2.45) is 5.73 Å². The van der Waals surface area contributed by atoms with Crippen LogP contribution in [0.2, 0.25) is 0 Å². The predicted octanol–water partition coefficient (Wildman–Crippen LogP) is 3.77. The van der Waals surface area contributed by atoms with E-state index in [-0.39, 0.29) is 5.54 Å². The summed E-state index contributed by atoms with van der Waals surface area (Å²) in [7, 11) is 0. The van der Waals surface area contributed by atoms with Crippen LogP contribution in [0.15, 0.2) is 24.3 Å². The number of rotatable bonds is 2. The lowest BCUT2D eigenvalue weighted by Gasteiger charge is -2.33. The Morgan fingerprint density at radius 2 is 1.88 bits per heavy atom.